The third kappa shape index (κ3) is 6.64. The fraction of sp³-hybridized carbons (Fsp3) is 0.500. The van der Waals surface area contributed by atoms with E-state index in [4.69, 9.17) is 5.11 Å². The van der Waals surface area contributed by atoms with Crippen LogP contribution in [-0.4, -0.2) is 46.4 Å². The smallest absolute Gasteiger partial charge is 0.305 e. The van der Waals surface area contributed by atoms with Crippen LogP contribution in [0.3, 0.4) is 0 Å². The first-order chi connectivity index (χ1) is 11.3. The van der Waals surface area contributed by atoms with Gasteiger partial charge in [0, 0.05) is 32.1 Å². The molecule has 8 nitrogen and oxygen atoms in total. The second-order valence-corrected chi connectivity index (χ2v) is 5.83. The number of amides is 1. The summed E-state index contributed by atoms with van der Waals surface area (Å²) in [7, 11) is 0. The molecule has 0 unspecified atom stereocenters. The van der Waals surface area contributed by atoms with Crippen molar-refractivity contribution in [1.29, 1.82) is 0 Å². The van der Waals surface area contributed by atoms with E-state index in [1.54, 1.807) is 18.2 Å². The third-order valence-electron chi connectivity index (χ3n) is 3.29. The van der Waals surface area contributed by atoms with Crippen molar-refractivity contribution in [1.82, 2.24) is 4.90 Å². The van der Waals surface area contributed by atoms with Crippen LogP contribution in [0.4, 0.5) is 11.4 Å². The van der Waals surface area contributed by atoms with Crippen molar-refractivity contribution in [3.8, 4) is 0 Å². The number of anilines is 1. The van der Waals surface area contributed by atoms with Gasteiger partial charge in [-0.15, -0.1) is 0 Å². The van der Waals surface area contributed by atoms with Gasteiger partial charge in [-0.25, -0.2) is 0 Å². The van der Waals surface area contributed by atoms with Gasteiger partial charge in [0.25, 0.3) is 5.69 Å². The zero-order valence-corrected chi connectivity index (χ0v) is 13.9. The van der Waals surface area contributed by atoms with Crippen molar-refractivity contribution in [2.75, 3.05) is 25.0 Å². The van der Waals surface area contributed by atoms with Gasteiger partial charge >= 0.3 is 5.97 Å². The Labute approximate surface area is 140 Å². The van der Waals surface area contributed by atoms with Gasteiger partial charge < -0.3 is 15.3 Å². The number of carboxylic acid groups (broad SMARTS) is 1. The maximum atomic E-state index is 12.3. The fourth-order valence-corrected chi connectivity index (χ4v) is 2.23. The van der Waals surface area contributed by atoms with Crippen molar-refractivity contribution in [2.24, 2.45) is 5.92 Å². The van der Waals surface area contributed by atoms with Gasteiger partial charge in [-0.05, 0) is 12.0 Å². The molecular weight excluding hydrogens is 314 g/mol. The minimum absolute atomic E-state index is 0.0464. The van der Waals surface area contributed by atoms with Crippen LogP contribution in [0.25, 0.3) is 0 Å². The topological polar surface area (TPSA) is 113 Å². The molecule has 0 heterocycles. The number of aliphatic carboxylic acids is 1. The second kappa shape index (κ2) is 9.49. The number of rotatable bonds is 10. The Morgan fingerprint density at radius 2 is 1.96 bits per heavy atom. The number of para-hydroxylation sites is 2. The van der Waals surface area contributed by atoms with E-state index >= 15 is 0 Å². The number of nitro benzene ring substituents is 1. The minimum atomic E-state index is -0.949. The normalized spacial score (nSPS) is 10.5. The van der Waals surface area contributed by atoms with Gasteiger partial charge in [-0.3, -0.25) is 19.7 Å². The third-order valence-corrected chi connectivity index (χ3v) is 3.29. The van der Waals surface area contributed by atoms with E-state index in [0.717, 1.165) is 0 Å². The summed E-state index contributed by atoms with van der Waals surface area (Å²) in [5.41, 5.74) is 0.311. The molecule has 1 aromatic rings. The summed E-state index contributed by atoms with van der Waals surface area (Å²) >= 11 is 0. The molecule has 0 aliphatic heterocycles. The van der Waals surface area contributed by atoms with Gasteiger partial charge in [0.15, 0.2) is 0 Å². The van der Waals surface area contributed by atoms with Crippen LogP contribution < -0.4 is 5.32 Å². The summed E-state index contributed by atoms with van der Waals surface area (Å²) in [5, 5.41) is 22.6. The molecule has 1 rings (SSSR count). The first-order valence-corrected chi connectivity index (χ1v) is 7.78. The summed E-state index contributed by atoms with van der Waals surface area (Å²) < 4.78 is 0. The standard InChI is InChI=1S/C16H23N3O5/c1-12(2)11-18(10-8-16(21)22)15(20)7-9-17-13-5-3-4-6-14(13)19(23)24/h3-6,12,17H,7-11H2,1-2H3,(H,21,22). The minimum Gasteiger partial charge on any atom is -0.481 e. The van der Waals surface area contributed by atoms with Crippen molar-refractivity contribution >= 4 is 23.3 Å². The van der Waals surface area contributed by atoms with E-state index in [1.165, 1.54) is 11.0 Å². The van der Waals surface area contributed by atoms with Crippen molar-refractivity contribution in [3.05, 3.63) is 34.4 Å². The van der Waals surface area contributed by atoms with Crippen LogP contribution in [0.5, 0.6) is 0 Å². The van der Waals surface area contributed by atoms with Crippen molar-refractivity contribution < 1.29 is 19.6 Å². The van der Waals surface area contributed by atoms with E-state index in [9.17, 15) is 19.7 Å². The average molecular weight is 337 g/mol. The lowest BCUT2D eigenvalue weighted by Gasteiger charge is -2.24. The monoisotopic (exact) mass is 337 g/mol. The molecule has 0 radical (unpaired) electrons. The molecule has 0 saturated carbocycles. The number of nitrogens with zero attached hydrogens (tertiary/aromatic N) is 2. The molecule has 0 aliphatic rings. The van der Waals surface area contributed by atoms with Gasteiger partial charge in [0.2, 0.25) is 5.91 Å². The molecule has 132 valence electrons. The zero-order valence-electron chi connectivity index (χ0n) is 13.9. The predicted octanol–water partition coefficient (Wildman–Crippen LogP) is 2.36. The van der Waals surface area contributed by atoms with Gasteiger partial charge in [0.05, 0.1) is 11.3 Å². The summed E-state index contributed by atoms with van der Waals surface area (Å²) in [6.45, 7) is 4.79. The number of nitrogens with one attached hydrogen (secondary N) is 1. The summed E-state index contributed by atoms with van der Waals surface area (Å²) in [4.78, 5) is 34.9. The Hall–Kier alpha value is -2.64. The molecule has 0 bridgehead atoms. The molecule has 0 saturated heterocycles. The zero-order chi connectivity index (χ0) is 18.1. The van der Waals surface area contributed by atoms with Gasteiger partial charge in [0.1, 0.15) is 5.69 Å². The number of carbonyl (C=O) groups is 2. The maximum Gasteiger partial charge on any atom is 0.305 e. The predicted molar refractivity (Wildman–Crippen MR) is 89.9 cm³/mol. The summed E-state index contributed by atoms with van der Waals surface area (Å²) in [6.07, 6.45) is 0.0361. The van der Waals surface area contributed by atoms with Gasteiger partial charge in [-0.2, -0.15) is 0 Å². The number of hydrogen-bond donors (Lipinski definition) is 2. The maximum absolute atomic E-state index is 12.3. The van der Waals surface area contributed by atoms with Crippen LogP contribution >= 0.6 is 0 Å². The molecule has 0 atom stereocenters. The Morgan fingerprint density at radius 1 is 1.29 bits per heavy atom. The SMILES string of the molecule is CC(C)CN(CCC(=O)O)C(=O)CCNc1ccccc1[N+](=O)[O-]. The van der Waals surface area contributed by atoms with E-state index in [1.807, 2.05) is 13.8 Å². The van der Waals surface area contributed by atoms with E-state index in [-0.39, 0.29) is 43.4 Å². The molecule has 1 amide bonds. The molecule has 0 aliphatic carbocycles. The van der Waals surface area contributed by atoms with Crippen molar-refractivity contribution in [2.45, 2.75) is 26.7 Å². The first-order valence-electron chi connectivity index (χ1n) is 7.78. The molecule has 0 fully saturated rings. The molecular formula is C16H23N3O5. The fourth-order valence-electron chi connectivity index (χ4n) is 2.23. The summed E-state index contributed by atoms with van der Waals surface area (Å²) in [5.74, 6) is -0.892. The molecule has 8 heteroatoms. The quantitative estimate of drug-likeness (QED) is 0.500. The van der Waals surface area contributed by atoms with Crippen LogP contribution in [0.2, 0.25) is 0 Å². The van der Waals surface area contributed by atoms with E-state index < -0.39 is 10.9 Å². The Kier molecular flexibility index (Phi) is 7.67. The highest BCUT2D eigenvalue weighted by Gasteiger charge is 2.17. The molecule has 0 aromatic heterocycles. The highest BCUT2D eigenvalue weighted by Crippen LogP contribution is 2.22. The second-order valence-electron chi connectivity index (χ2n) is 5.83. The van der Waals surface area contributed by atoms with Gasteiger partial charge in [-0.1, -0.05) is 26.0 Å². The van der Waals surface area contributed by atoms with Crippen LogP contribution in [0, 0.1) is 16.0 Å². The highest BCUT2D eigenvalue weighted by molar-refractivity contribution is 5.77. The molecule has 1 aromatic carbocycles. The van der Waals surface area contributed by atoms with E-state index in [2.05, 4.69) is 5.32 Å². The number of carbonyl (C=O) groups excluding carboxylic acids is 1. The number of carboxylic acids is 1. The lowest BCUT2D eigenvalue weighted by atomic mass is 10.2. The largest absolute Gasteiger partial charge is 0.481 e. The molecule has 2 N–H and O–H groups in total. The lowest BCUT2D eigenvalue weighted by Crippen LogP contribution is -2.36. The molecule has 24 heavy (non-hydrogen) atoms. The number of benzene rings is 1. The Bertz CT molecular complexity index is 589. The van der Waals surface area contributed by atoms with E-state index in [0.29, 0.717) is 12.2 Å². The highest BCUT2D eigenvalue weighted by atomic mass is 16.6. The number of hydrogen-bond acceptors (Lipinski definition) is 5. The Morgan fingerprint density at radius 3 is 2.54 bits per heavy atom. The van der Waals surface area contributed by atoms with Crippen LogP contribution in [-0.2, 0) is 9.59 Å². The van der Waals surface area contributed by atoms with Crippen LogP contribution in [0.15, 0.2) is 24.3 Å². The van der Waals surface area contributed by atoms with Crippen LogP contribution in [0.1, 0.15) is 26.7 Å². The summed E-state index contributed by atoms with van der Waals surface area (Å²) in [6, 6.07) is 6.22. The first kappa shape index (κ1) is 19.4. The number of nitro groups is 1. The van der Waals surface area contributed by atoms with Crippen molar-refractivity contribution in [3.63, 3.8) is 0 Å². The average Bonchev–Trinajstić information content (AvgIpc) is 2.51. The Balaban J connectivity index is 2.59. The molecule has 0 spiro atoms. The lowest BCUT2D eigenvalue weighted by molar-refractivity contribution is -0.384.